The predicted molar refractivity (Wildman–Crippen MR) is 111 cm³/mol. The Morgan fingerprint density at radius 3 is 2.62 bits per heavy atom. The third-order valence-corrected chi connectivity index (χ3v) is 6.30. The molecule has 0 aliphatic carbocycles. The Hall–Kier alpha value is -2.80. The van der Waals surface area contributed by atoms with Crippen LogP contribution < -0.4 is 4.90 Å². The third kappa shape index (κ3) is 3.40. The van der Waals surface area contributed by atoms with E-state index in [-0.39, 0.29) is 5.41 Å². The lowest BCUT2D eigenvalue weighted by molar-refractivity contribution is 0.303. The van der Waals surface area contributed by atoms with Gasteiger partial charge in [-0.3, -0.25) is 19.4 Å². The second-order valence-corrected chi connectivity index (χ2v) is 8.51. The Morgan fingerprint density at radius 2 is 1.79 bits per heavy atom. The summed E-state index contributed by atoms with van der Waals surface area (Å²) in [6.07, 6.45) is 5.54. The number of rotatable bonds is 4. The van der Waals surface area contributed by atoms with Gasteiger partial charge >= 0.3 is 0 Å². The van der Waals surface area contributed by atoms with E-state index >= 15 is 0 Å². The van der Waals surface area contributed by atoms with Crippen molar-refractivity contribution in [2.45, 2.75) is 38.3 Å². The largest absolute Gasteiger partial charge is 0.335 e. The molecule has 0 amide bonds. The first-order valence-electron chi connectivity index (χ1n) is 10.3. The van der Waals surface area contributed by atoms with Gasteiger partial charge in [0, 0.05) is 50.9 Å². The summed E-state index contributed by atoms with van der Waals surface area (Å²) in [4.78, 5) is 13.8. The predicted octanol–water partition coefficient (Wildman–Crippen LogP) is 2.33. The molecule has 1 atom stereocenters. The van der Waals surface area contributed by atoms with Crippen molar-refractivity contribution in [3.63, 3.8) is 0 Å². The minimum Gasteiger partial charge on any atom is -0.335 e. The zero-order chi connectivity index (χ0) is 19.8. The van der Waals surface area contributed by atoms with E-state index in [1.54, 1.807) is 12.4 Å². The van der Waals surface area contributed by atoms with Crippen molar-refractivity contribution in [2.75, 3.05) is 24.5 Å². The lowest BCUT2D eigenvalue weighted by Crippen LogP contribution is -2.34. The molecular formula is C22H27N7. The van der Waals surface area contributed by atoms with E-state index in [1.165, 1.54) is 5.56 Å². The van der Waals surface area contributed by atoms with Crippen molar-refractivity contribution in [3.8, 4) is 0 Å². The van der Waals surface area contributed by atoms with Gasteiger partial charge in [-0.05, 0) is 18.5 Å². The molecule has 0 N–H and O–H groups in total. The Morgan fingerprint density at radius 1 is 1.00 bits per heavy atom. The van der Waals surface area contributed by atoms with Gasteiger partial charge in [0.1, 0.15) is 5.82 Å². The molecule has 5 rings (SSSR count). The number of fused-ring (bicyclic) bond motifs is 1. The van der Waals surface area contributed by atoms with Crippen LogP contribution in [-0.4, -0.2) is 49.3 Å². The fourth-order valence-electron chi connectivity index (χ4n) is 4.75. The molecule has 0 saturated carbocycles. The minimum atomic E-state index is 0.0162. The molecule has 7 nitrogen and oxygen atoms in total. The number of aromatic nitrogens is 5. The van der Waals surface area contributed by atoms with Crippen molar-refractivity contribution in [3.05, 3.63) is 65.5 Å². The quantitative estimate of drug-likeness (QED) is 0.683. The van der Waals surface area contributed by atoms with E-state index in [0.29, 0.717) is 0 Å². The average molecular weight is 390 g/mol. The first-order chi connectivity index (χ1) is 14.1. The highest BCUT2D eigenvalue weighted by atomic mass is 15.4. The van der Waals surface area contributed by atoms with Gasteiger partial charge < -0.3 is 4.90 Å². The summed E-state index contributed by atoms with van der Waals surface area (Å²) in [6, 6.07) is 10.7. The second-order valence-electron chi connectivity index (χ2n) is 8.51. The highest BCUT2D eigenvalue weighted by Crippen LogP contribution is 2.35. The van der Waals surface area contributed by atoms with Crippen LogP contribution in [0.1, 0.15) is 36.1 Å². The Bertz CT molecular complexity index is 999. The van der Waals surface area contributed by atoms with Gasteiger partial charge in [-0.1, -0.05) is 37.3 Å². The maximum atomic E-state index is 4.65. The molecule has 2 aliphatic rings. The summed E-state index contributed by atoms with van der Waals surface area (Å²) in [5.41, 5.74) is 3.53. The fraction of sp³-hybridized carbons (Fsp3) is 0.455. The van der Waals surface area contributed by atoms with Crippen molar-refractivity contribution in [1.82, 2.24) is 29.6 Å². The number of likely N-dealkylation sites (tertiary alicyclic amines) is 1. The molecule has 1 unspecified atom stereocenters. The monoisotopic (exact) mass is 389 g/mol. The van der Waals surface area contributed by atoms with Crippen LogP contribution in [0.5, 0.6) is 0 Å². The highest BCUT2D eigenvalue weighted by Gasteiger charge is 2.40. The molecule has 4 heterocycles. The van der Waals surface area contributed by atoms with Crippen LogP contribution in [0.25, 0.3) is 0 Å². The van der Waals surface area contributed by atoms with Crippen LogP contribution >= 0.6 is 0 Å². The first kappa shape index (κ1) is 18.2. The Balaban J connectivity index is 1.33. The SMILES string of the molecule is Cn1c(N2CCc3nccnc3C2)nnc1C1(C)CCN(Cc2ccccc2)C1. The lowest BCUT2D eigenvalue weighted by atomic mass is 9.89. The van der Waals surface area contributed by atoms with Gasteiger partial charge in [0.25, 0.3) is 0 Å². The van der Waals surface area contributed by atoms with Gasteiger partial charge in [-0.2, -0.15) is 0 Å². The van der Waals surface area contributed by atoms with E-state index < -0.39 is 0 Å². The maximum absolute atomic E-state index is 4.65. The number of hydrogen-bond acceptors (Lipinski definition) is 6. The number of benzene rings is 1. The zero-order valence-electron chi connectivity index (χ0n) is 17.1. The third-order valence-electron chi connectivity index (χ3n) is 6.30. The molecule has 0 spiro atoms. The van der Waals surface area contributed by atoms with Crippen LogP contribution in [0.3, 0.4) is 0 Å². The molecule has 2 aliphatic heterocycles. The van der Waals surface area contributed by atoms with Crippen LogP contribution in [0.2, 0.25) is 0 Å². The van der Waals surface area contributed by atoms with E-state index in [0.717, 1.165) is 68.7 Å². The van der Waals surface area contributed by atoms with E-state index in [4.69, 9.17) is 0 Å². The number of anilines is 1. The van der Waals surface area contributed by atoms with Crippen LogP contribution in [0, 0.1) is 0 Å². The number of hydrogen-bond donors (Lipinski definition) is 0. The molecule has 7 heteroatoms. The highest BCUT2D eigenvalue weighted by molar-refractivity contribution is 5.37. The Labute approximate surface area is 171 Å². The molecule has 0 bridgehead atoms. The van der Waals surface area contributed by atoms with Crippen LogP contribution in [0.15, 0.2) is 42.7 Å². The first-order valence-corrected chi connectivity index (χ1v) is 10.3. The van der Waals surface area contributed by atoms with Gasteiger partial charge in [-0.25, -0.2) is 0 Å². The minimum absolute atomic E-state index is 0.0162. The molecule has 1 saturated heterocycles. The van der Waals surface area contributed by atoms with Gasteiger partial charge in [0.15, 0.2) is 0 Å². The summed E-state index contributed by atoms with van der Waals surface area (Å²) in [7, 11) is 2.10. The van der Waals surface area contributed by atoms with Crippen LogP contribution in [-0.2, 0) is 32.0 Å². The second kappa shape index (κ2) is 7.22. The summed E-state index contributed by atoms with van der Waals surface area (Å²) < 4.78 is 2.19. The summed E-state index contributed by atoms with van der Waals surface area (Å²) in [5, 5.41) is 9.23. The number of nitrogens with zero attached hydrogens (tertiary/aromatic N) is 7. The zero-order valence-corrected chi connectivity index (χ0v) is 17.1. The Kier molecular flexibility index (Phi) is 4.54. The van der Waals surface area contributed by atoms with Crippen molar-refractivity contribution in [2.24, 2.45) is 7.05 Å². The maximum Gasteiger partial charge on any atom is 0.227 e. The smallest absolute Gasteiger partial charge is 0.227 e. The van der Waals surface area contributed by atoms with Gasteiger partial charge in [-0.15, -0.1) is 10.2 Å². The molecule has 29 heavy (non-hydrogen) atoms. The normalized spacial score (nSPS) is 22.1. The van der Waals surface area contributed by atoms with Crippen molar-refractivity contribution in [1.29, 1.82) is 0 Å². The molecule has 1 aromatic carbocycles. The van der Waals surface area contributed by atoms with E-state index in [1.807, 2.05) is 0 Å². The van der Waals surface area contributed by atoms with Gasteiger partial charge in [0.2, 0.25) is 5.95 Å². The van der Waals surface area contributed by atoms with Crippen LogP contribution in [0.4, 0.5) is 5.95 Å². The molecule has 150 valence electrons. The molecule has 2 aromatic heterocycles. The standard InChI is InChI=1S/C22H27N7/c1-22(9-13-28(16-22)14-17-6-4-3-5-7-17)20-25-26-21(27(20)2)29-12-8-18-19(15-29)24-11-10-23-18/h3-7,10-11H,8-9,12-16H2,1-2H3. The summed E-state index contributed by atoms with van der Waals surface area (Å²) >= 11 is 0. The fourth-order valence-corrected chi connectivity index (χ4v) is 4.75. The summed E-state index contributed by atoms with van der Waals surface area (Å²) in [5.74, 6) is 2.01. The topological polar surface area (TPSA) is 63.0 Å². The van der Waals surface area contributed by atoms with E-state index in [2.05, 4.69) is 78.8 Å². The van der Waals surface area contributed by atoms with Crippen molar-refractivity contribution < 1.29 is 0 Å². The molecule has 3 aromatic rings. The van der Waals surface area contributed by atoms with Gasteiger partial charge in [0.05, 0.1) is 17.9 Å². The van der Waals surface area contributed by atoms with E-state index in [9.17, 15) is 0 Å². The lowest BCUT2D eigenvalue weighted by Gasteiger charge is -2.29. The molecule has 0 radical (unpaired) electrons. The summed E-state index contributed by atoms with van der Waals surface area (Å²) in [6.45, 7) is 7.04. The average Bonchev–Trinajstić information content (AvgIpc) is 3.32. The van der Waals surface area contributed by atoms with Crippen molar-refractivity contribution >= 4 is 5.95 Å². The molecule has 1 fully saturated rings. The molecular weight excluding hydrogens is 362 g/mol.